The van der Waals surface area contributed by atoms with Gasteiger partial charge in [0.15, 0.2) is 0 Å². The van der Waals surface area contributed by atoms with E-state index in [1.165, 1.54) is 0 Å². The molecule has 0 aliphatic carbocycles. The smallest absolute Gasteiger partial charge is 0.201 e. The molecule has 0 aliphatic heterocycles. The summed E-state index contributed by atoms with van der Waals surface area (Å²) in [7, 11) is 0. The summed E-state index contributed by atoms with van der Waals surface area (Å²) in [4.78, 5) is 4.28. The SMILES string of the molecule is Nc1nc2ccc(Br)cc2n1CCCCl. The molecule has 0 radical (unpaired) electrons. The van der Waals surface area contributed by atoms with E-state index < -0.39 is 0 Å². The van der Waals surface area contributed by atoms with Crippen molar-refractivity contribution >= 4 is 44.5 Å². The molecule has 0 atom stereocenters. The van der Waals surface area contributed by atoms with E-state index in [4.69, 9.17) is 17.3 Å². The molecule has 2 aromatic rings. The third-order valence-corrected chi connectivity index (χ3v) is 3.02. The second-order valence-electron chi connectivity index (χ2n) is 3.30. The highest BCUT2D eigenvalue weighted by molar-refractivity contribution is 9.10. The molecule has 1 aromatic carbocycles. The molecule has 15 heavy (non-hydrogen) atoms. The van der Waals surface area contributed by atoms with Crippen LogP contribution in [0.3, 0.4) is 0 Å². The second kappa shape index (κ2) is 4.41. The summed E-state index contributed by atoms with van der Waals surface area (Å²) >= 11 is 9.11. The van der Waals surface area contributed by atoms with Gasteiger partial charge in [-0.15, -0.1) is 11.6 Å². The van der Waals surface area contributed by atoms with Gasteiger partial charge < -0.3 is 10.3 Å². The van der Waals surface area contributed by atoms with Crippen LogP contribution in [0.4, 0.5) is 5.95 Å². The van der Waals surface area contributed by atoms with Gasteiger partial charge in [-0.25, -0.2) is 4.98 Å². The molecule has 0 fully saturated rings. The van der Waals surface area contributed by atoms with Crippen molar-refractivity contribution < 1.29 is 0 Å². The largest absolute Gasteiger partial charge is 0.369 e. The molecular formula is C10H11BrClN3. The van der Waals surface area contributed by atoms with E-state index in [0.717, 1.165) is 28.5 Å². The quantitative estimate of drug-likeness (QED) is 0.882. The number of aryl methyl sites for hydroxylation is 1. The number of hydrogen-bond acceptors (Lipinski definition) is 2. The minimum absolute atomic E-state index is 0.549. The molecule has 0 bridgehead atoms. The number of anilines is 1. The fourth-order valence-electron chi connectivity index (χ4n) is 1.57. The average molecular weight is 289 g/mol. The van der Waals surface area contributed by atoms with Crippen LogP contribution in [-0.2, 0) is 6.54 Å². The fraction of sp³-hybridized carbons (Fsp3) is 0.300. The molecule has 0 saturated carbocycles. The highest BCUT2D eigenvalue weighted by Crippen LogP contribution is 2.22. The number of benzene rings is 1. The van der Waals surface area contributed by atoms with Gasteiger partial charge in [0.2, 0.25) is 5.95 Å². The Morgan fingerprint density at radius 1 is 1.47 bits per heavy atom. The minimum Gasteiger partial charge on any atom is -0.369 e. The summed E-state index contributed by atoms with van der Waals surface area (Å²) in [5.41, 5.74) is 7.81. The zero-order valence-electron chi connectivity index (χ0n) is 8.08. The fourth-order valence-corrected chi connectivity index (χ4v) is 2.04. The van der Waals surface area contributed by atoms with E-state index in [1.54, 1.807) is 0 Å². The highest BCUT2D eigenvalue weighted by Gasteiger charge is 2.07. The Morgan fingerprint density at radius 2 is 2.27 bits per heavy atom. The van der Waals surface area contributed by atoms with Crippen LogP contribution < -0.4 is 5.73 Å². The highest BCUT2D eigenvalue weighted by atomic mass is 79.9. The van der Waals surface area contributed by atoms with Crippen LogP contribution >= 0.6 is 27.5 Å². The Bertz CT molecular complexity index is 481. The van der Waals surface area contributed by atoms with E-state index >= 15 is 0 Å². The molecular weight excluding hydrogens is 277 g/mol. The van der Waals surface area contributed by atoms with Gasteiger partial charge in [-0.05, 0) is 24.6 Å². The summed E-state index contributed by atoms with van der Waals surface area (Å²) in [6.45, 7) is 0.808. The van der Waals surface area contributed by atoms with Gasteiger partial charge in [0.1, 0.15) is 0 Å². The lowest BCUT2D eigenvalue weighted by Gasteiger charge is -2.04. The molecule has 2 N–H and O–H groups in total. The van der Waals surface area contributed by atoms with Crippen LogP contribution in [0.1, 0.15) is 6.42 Å². The van der Waals surface area contributed by atoms with E-state index in [-0.39, 0.29) is 0 Å². The number of rotatable bonds is 3. The zero-order valence-corrected chi connectivity index (χ0v) is 10.4. The first kappa shape index (κ1) is 10.8. The van der Waals surface area contributed by atoms with Gasteiger partial charge in [0.05, 0.1) is 11.0 Å². The van der Waals surface area contributed by atoms with Crippen molar-refractivity contribution in [2.24, 2.45) is 0 Å². The first-order valence-electron chi connectivity index (χ1n) is 4.69. The molecule has 3 nitrogen and oxygen atoms in total. The van der Waals surface area contributed by atoms with Gasteiger partial charge in [0, 0.05) is 16.9 Å². The molecule has 0 spiro atoms. The summed E-state index contributed by atoms with van der Waals surface area (Å²) < 4.78 is 3.02. The number of alkyl halides is 1. The van der Waals surface area contributed by atoms with Crippen LogP contribution in [-0.4, -0.2) is 15.4 Å². The normalized spacial score (nSPS) is 11.1. The standard InChI is InChI=1S/C10H11BrClN3/c11-7-2-3-8-9(6-7)15(5-1-4-12)10(13)14-8/h2-3,6H,1,4-5H2,(H2,13,14). The number of imidazole rings is 1. The number of nitrogens with two attached hydrogens (primary N) is 1. The third kappa shape index (κ3) is 2.11. The van der Waals surface area contributed by atoms with Crippen molar-refractivity contribution in [3.8, 4) is 0 Å². The van der Waals surface area contributed by atoms with Gasteiger partial charge in [0.25, 0.3) is 0 Å². The first-order chi connectivity index (χ1) is 7.22. The number of hydrogen-bond donors (Lipinski definition) is 1. The maximum Gasteiger partial charge on any atom is 0.201 e. The number of nitrogen functional groups attached to an aromatic ring is 1. The van der Waals surface area contributed by atoms with E-state index in [9.17, 15) is 0 Å². The summed E-state index contributed by atoms with van der Waals surface area (Å²) in [6.07, 6.45) is 0.893. The molecule has 5 heteroatoms. The van der Waals surface area contributed by atoms with Gasteiger partial charge >= 0.3 is 0 Å². The van der Waals surface area contributed by atoms with E-state index in [1.807, 2.05) is 22.8 Å². The van der Waals surface area contributed by atoms with Gasteiger partial charge in [-0.3, -0.25) is 0 Å². The molecule has 0 amide bonds. The lowest BCUT2D eigenvalue weighted by Crippen LogP contribution is -2.03. The van der Waals surface area contributed by atoms with Crippen LogP contribution in [0.2, 0.25) is 0 Å². The monoisotopic (exact) mass is 287 g/mol. The predicted molar refractivity (Wildman–Crippen MR) is 67.2 cm³/mol. The predicted octanol–water partition coefficient (Wildman–Crippen LogP) is 3.01. The molecule has 1 aromatic heterocycles. The average Bonchev–Trinajstić information content (AvgIpc) is 2.51. The summed E-state index contributed by atoms with van der Waals surface area (Å²) in [5, 5.41) is 0. The van der Waals surface area contributed by atoms with Crippen LogP contribution in [0.15, 0.2) is 22.7 Å². The topological polar surface area (TPSA) is 43.8 Å². The molecule has 0 aliphatic rings. The number of nitrogens with zero attached hydrogens (tertiary/aromatic N) is 2. The lowest BCUT2D eigenvalue weighted by atomic mass is 10.3. The Morgan fingerprint density at radius 3 is 3.00 bits per heavy atom. The number of aromatic nitrogens is 2. The van der Waals surface area contributed by atoms with Crippen molar-refractivity contribution in [2.45, 2.75) is 13.0 Å². The van der Waals surface area contributed by atoms with Crippen LogP contribution in [0.5, 0.6) is 0 Å². The van der Waals surface area contributed by atoms with Crippen molar-refractivity contribution in [1.82, 2.24) is 9.55 Å². The van der Waals surface area contributed by atoms with Crippen LogP contribution in [0, 0.1) is 0 Å². The zero-order chi connectivity index (χ0) is 10.8. The van der Waals surface area contributed by atoms with Crippen molar-refractivity contribution in [3.63, 3.8) is 0 Å². The summed E-state index contributed by atoms with van der Waals surface area (Å²) in [5.74, 6) is 1.18. The Hall–Kier alpha value is -0.740. The molecule has 2 rings (SSSR count). The maximum absolute atomic E-state index is 5.84. The van der Waals surface area contributed by atoms with Crippen molar-refractivity contribution in [1.29, 1.82) is 0 Å². The van der Waals surface area contributed by atoms with Crippen LogP contribution in [0.25, 0.3) is 11.0 Å². The van der Waals surface area contributed by atoms with Crippen molar-refractivity contribution in [3.05, 3.63) is 22.7 Å². The molecule has 0 unspecified atom stereocenters. The van der Waals surface area contributed by atoms with Gasteiger partial charge in [-0.2, -0.15) is 0 Å². The number of halogens is 2. The molecule has 0 saturated heterocycles. The lowest BCUT2D eigenvalue weighted by molar-refractivity contribution is 0.710. The Kier molecular flexibility index (Phi) is 3.17. The van der Waals surface area contributed by atoms with Crippen molar-refractivity contribution in [2.75, 3.05) is 11.6 Å². The molecule has 80 valence electrons. The van der Waals surface area contributed by atoms with E-state index in [0.29, 0.717) is 11.8 Å². The van der Waals surface area contributed by atoms with Gasteiger partial charge in [-0.1, -0.05) is 15.9 Å². The molecule has 1 heterocycles. The minimum atomic E-state index is 0.549. The third-order valence-electron chi connectivity index (χ3n) is 2.26. The number of fused-ring (bicyclic) bond motifs is 1. The summed E-state index contributed by atoms with van der Waals surface area (Å²) in [6, 6.07) is 5.93. The van der Waals surface area contributed by atoms with E-state index in [2.05, 4.69) is 20.9 Å². The second-order valence-corrected chi connectivity index (χ2v) is 4.59. The first-order valence-corrected chi connectivity index (χ1v) is 6.02. The maximum atomic E-state index is 5.84. The Labute approximate surface area is 101 Å². The Balaban J connectivity index is 2.50.